The second kappa shape index (κ2) is 8.39. The lowest BCUT2D eigenvalue weighted by atomic mass is 9.85. The summed E-state index contributed by atoms with van der Waals surface area (Å²) in [5, 5.41) is 8.99. The number of allylic oxidation sites excluding steroid dienone is 2. The van der Waals surface area contributed by atoms with Gasteiger partial charge in [0.2, 0.25) is 11.8 Å². The van der Waals surface area contributed by atoms with E-state index in [0.29, 0.717) is 30.4 Å². The largest absolute Gasteiger partial charge is 0.459 e. The van der Waals surface area contributed by atoms with Gasteiger partial charge in [-0.25, -0.2) is 4.79 Å². The molecule has 0 aromatic heterocycles. The summed E-state index contributed by atoms with van der Waals surface area (Å²) in [7, 11) is 0. The first-order valence-electron chi connectivity index (χ1n) is 9.60. The molecular weight excluding hydrogens is 356 g/mol. The fourth-order valence-electron chi connectivity index (χ4n) is 3.87. The smallest absolute Gasteiger partial charge is 0.329 e. The van der Waals surface area contributed by atoms with E-state index in [2.05, 4.69) is 0 Å². The van der Waals surface area contributed by atoms with E-state index in [4.69, 9.17) is 10.00 Å². The normalized spacial score (nSPS) is 22.1. The van der Waals surface area contributed by atoms with Gasteiger partial charge in [-0.2, -0.15) is 5.26 Å². The van der Waals surface area contributed by atoms with Crippen molar-refractivity contribution in [3.63, 3.8) is 0 Å². The van der Waals surface area contributed by atoms with Gasteiger partial charge in [0, 0.05) is 0 Å². The van der Waals surface area contributed by atoms with Gasteiger partial charge in [-0.3, -0.25) is 14.5 Å². The minimum atomic E-state index is -0.912. The highest BCUT2D eigenvalue weighted by Gasteiger charge is 2.51. The molecular formula is C22H24N2O4. The number of hydrogen-bond acceptors (Lipinski definition) is 5. The van der Waals surface area contributed by atoms with Crippen LogP contribution in [0.3, 0.4) is 0 Å². The number of esters is 1. The van der Waals surface area contributed by atoms with Gasteiger partial charge in [0.05, 0.1) is 23.5 Å². The first-order valence-corrected chi connectivity index (χ1v) is 9.60. The molecule has 1 aliphatic heterocycles. The highest BCUT2D eigenvalue weighted by Crippen LogP contribution is 2.37. The Labute approximate surface area is 164 Å². The van der Waals surface area contributed by atoms with E-state index in [9.17, 15) is 14.4 Å². The van der Waals surface area contributed by atoms with Crippen LogP contribution in [0.25, 0.3) is 0 Å². The summed E-state index contributed by atoms with van der Waals surface area (Å²) in [5.41, 5.74) is 1.17. The lowest BCUT2D eigenvalue weighted by molar-refractivity contribution is -0.160. The van der Waals surface area contributed by atoms with E-state index in [1.165, 1.54) is 0 Å². The van der Waals surface area contributed by atoms with Gasteiger partial charge in [0.15, 0.2) is 0 Å². The zero-order chi connectivity index (χ0) is 20.3. The Morgan fingerprint density at radius 3 is 2.43 bits per heavy atom. The van der Waals surface area contributed by atoms with E-state index in [-0.39, 0.29) is 36.2 Å². The molecule has 6 heteroatoms. The Morgan fingerprint density at radius 2 is 1.86 bits per heavy atom. The maximum atomic E-state index is 12.9. The first-order chi connectivity index (χ1) is 13.4. The molecule has 0 spiro atoms. The minimum absolute atomic E-state index is 0.00637. The van der Waals surface area contributed by atoms with Crippen LogP contribution in [-0.2, 0) is 25.7 Å². The zero-order valence-corrected chi connectivity index (χ0v) is 16.1. The fourth-order valence-corrected chi connectivity index (χ4v) is 3.87. The Hall–Kier alpha value is -2.94. The molecule has 146 valence electrons. The van der Waals surface area contributed by atoms with Crippen molar-refractivity contribution < 1.29 is 19.1 Å². The Balaban J connectivity index is 1.76. The summed E-state index contributed by atoms with van der Waals surface area (Å²) in [5.74, 6) is -1.74. The maximum Gasteiger partial charge on any atom is 0.329 e. The summed E-state index contributed by atoms with van der Waals surface area (Å²) >= 11 is 0. The molecule has 0 bridgehead atoms. The molecule has 0 saturated carbocycles. The molecule has 6 nitrogen and oxygen atoms in total. The monoisotopic (exact) mass is 380 g/mol. The van der Waals surface area contributed by atoms with Crippen molar-refractivity contribution in [2.24, 2.45) is 17.8 Å². The number of carbonyl (C=O) groups excluding carboxylic acids is 3. The molecule has 2 aliphatic rings. The Morgan fingerprint density at radius 1 is 1.21 bits per heavy atom. The molecule has 1 heterocycles. The first kappa shape index (κ1) is 19.8. The van der Waals surface area contributed by atoms with Gasteiger partial charge in [-0.1, -0.05) is 38.1 Å². The van der Waals surface area contributed by atoms with Crippen LogP contribution in [0, 0.1) is 29.1 Å². The standard InChI is InChI=1S/C22H24N2O4/c1-14(2)10-19(22(27)28-13-16-7-5-6-15(11-16)12-23)24-20(25)17-8-3-4-9-18(17)21(24)26/h3-7,11,14,17-19H,8-10,13H2,1-2H3/t17-,18+,19-/m1/s1. The predicted molar refractivity (Wildman–Crippen MR) is 101 cm³/mol. The van der Waals surface area contributed by atoms with Gasteiger partial charge in [-0.15, -0.1) is 0 Å². The number of benzene rings is 1. The summed E-state index contributed by atoms with van der Waals surface area (Å²) in [6, 6.07) is 7.94. The Kier molecular flexibility index (Phi) is 5.93. The van der Waals surface area contributed by atoms with E-state index in [1.54, 1.807) is 24.3 Å². The summed E-state index contributed by atoms with van der Waals surface area (Å²) < 4.78 is 5.44. The van der Waals surface area contributed by atoms with Crippen LogP contribution < -0.4 is 0 Å². The molecule has 1 fully saturated rings. The van der Waals surface area contributed by atoms with E-state index >= 15 is 0 Å². The van der Waals surface area contributed by atoms with Crippen molar-refractivity contribution in [2.75, 3.05) is 0 Å². The van der Waals surface area contributed by atoms with Gasteiger partial charge in [0.1, 0.15) is 12.6 Å². The van der Waals surface area contributed by atoms with E-state index in [1.807, 2.05) is 32.1 Å². The summed E-state index contributed by atoms with van der Waals surface area (Å²) in [4.78, 5) is 39.7. The third kappa shape index (κ3) is 3.99. The average molecular weight is 380 g/mol. The average Bonchev–Trinajstić information content (AvgIpc) is 2.95. The van der Waals surface area contributed by atoms with Crippen molar-refractivity contribution >= 4 is 17.8 Å². The predicted octanol–water partition coefficient (Wildman–Crippen LogP) is 2.97. The van der Waals surface area contributed by atoms with Gasteiger partial charge < -0.3 is 4.74 Å². The molecule has 3 rings (SSSR count). The van der Waals surface area contributed by atoms with Gasteiger partial charge in [-0.05, 0) is 42.9 Å². The highest BCUT2D eigenvalue weighted by atomic mass is 16.5. The van der Waals surface area contributed by atoms with Crippen LogP contribution >= 0.6 is 0 Å². The highest BCUT2D eigenvalue weighted by molar-refractivity contribution is 6.08. The van der Waals surface area contributed by atoms with Crippen LogP contribution in [0.2, 0.25) is 0 Å². The SMILES string of the molecule is CC(C)C[C@H](C(=O)OCc1cccc(C#N)c1)N1C(=O)[C@H]2CC=CC[C@H]2C1=O. The molecule has 0 radical (unpaired) electrons. The number of likely N-dealkylation sites (tertiary alicyclic amines) is 1. The van der Waals surface area contributed by atoms with E-state index in [0.717, 1.165) is 4.90 Å². The van der Waals surface area contributed by atoms with E-state index < -0.39 is 12.0 Å². The number of nitrogens with zero attached hydrogens (tertiary/aromatic N) is 2. The summed E-state index contributed by atoms with van der Waals surface area (Å²) in [6.45, 7) is 3.88. The molecule has 28 heavy (non-hydrogen) atoms. The van der Waals surface area contributed by atoms with Crippen molar-refractivity contribution in [3.05, 3.63) is 47.5 Å². The number of ether oxygens (including phenoxy) is 1. The molecule has 3 atom stereocenters. The quantitative estimate of drug-likeness (QED) is 0.430. The number of carbonyl (C=O) groups is 3. The van der Waals surface area contributed by atoms with Crippen molar-refractivity contribution in [3.8, 4) is 6.07 Å². The fraction of sp³-hybridized carbons (Fsp3) is 0.455. The summed E-state index contributed by atoms with van der Waals surface area (Å²) in [6.07, 6.45) is 5.29. The maximum absolute atomic E-state index is 12.9. The van der Waals surface area contributed by atoms with Crippen LogP contribution in [0.1, 0.15) is 44.2 Å². The molecule has 1 aliphatic carbocycles. The molecule has 0 unspecified atom stereocenters. The van der Waals surface area contributed by atoms with Gasteiger partial charge >= 0.3 is 5.97 Å². The van der Waals surface area contributed by atoms with Crippen LogP contribution in [0.15, 0.2) is 36.4 Å². The van der Waals surface area contributed by atoms with Crippen molar-refractivity contribution in [2.45, 2.75) is 45.8 Å². The molecule has 1 aromatic carbocycles. The zero-order valence-electron chi connectivity index (χ0n) is 16.1. The third-order valence-corrected chi connectivity index (χ3v) is 5.26. The molecule has 1 saturated heterocycles. The number of fused-ring (bicyclic) bond motifs is 1. The lowest BCUT2D eigenvalue weighted by Crippen LogP contribution is -2.47. The number of rotatable bonds is 6. The van der Waals surface area contributed by atoms with Crippen molar-refractivity contribution in [1.29, 1.82) is 5.26 Å². The Bertz CT molecular complexity index is 826. The number of imide groups is 1. The molecule has 1 aromatic rings. The van der Waals surface area contributed by atoms with Crippen LogP contribution in [0.5, 0.6) is 0 Å². The molecule has 2 amide bonds. The third-order valence-electron chi connectivity index (χ3n) is 5.26. The molecule has 0 N–H and O–H groups in total. The van der Waals surface area contributed by atoms with Gasteiger partial charge in [0.25, 0.3) is 0 Å². The lowest BCUT2D eigenvalue weighted by Gasteiger charge is -2.26. The van der Waals surface area contributed by atoms with Crippen LogP contribution in [0.4, 0.5) is 0 Å². The number of amides is 2. The topological polar surface area (TPSA) is 87.5 Å². The second-order valence-electron chi connectivity index (χ2n) is 7.77. The van der Waals surface area contributed by atoms with Crippen LogP contribution in [-0.4, -0.2) is 28.7 Å². The number of nitriles is 1. The second-order valence-corrected chi connectivity index (χ2v) is 7.77. The van der Waals surface area contributed by atoms with Crippen molar-refractivity contribution in [1.82, 2.24) is 4.90 Å². The number of hydrogen-bond donors (Lipinski definition) is 0. The minimum Gasteiger partial charge on any atom is -0.459 e.